The minimum atomic E-state index is -0.566. The highest BCUT2D eigenvalue weighted by Gasteiger charge is 2.18. The summed E-state index contributed by atoms with van der Waals surface area (Å²) in [5, 5.41) is 4.47. The first-order chi connectivity index (χ1) is 13.0. The SMILES string of the molecule is COC(=O)/C(C)=N\NC1=Nc2cc(F)ccc2C(c2ccccc2Cl)=NC1. The first-order valence-corrected chi connectivity index (χ1v) is 8.43. The normalized spacial score (nSPS) is 13.9. The Kier molecular flexibility index (Phi) is 5.61. The van der Waals surface area contributed by atoms with Gasteiger partial charge in [0.1, 0.15) is 17.4 Å². The molecule has 138 valence electrons. The number of nitrogens with one attached hydrogen (secondary N) is 1. The number of aliphatic imine (C=N–C) groups is 2. The van der Waals surface area contributed by atoms with Crippen LogP contribution in [0.25, 0.3) is 0 Å². The summed E-state index contributed by atoms with van der Waals surface area (Å²) in [5.41, 5.74) is 5.18. The molecule has 0 saturated heterocycles. The number of halogens is 2. The lowest BCUT2D eigenvalue weighted by Gasteiger charge is -2.09. The van der Waals surface area contributed by atoms with Crippen LogP contribution in [0.5, 0.6) is 0 Å². The zero-order valence-electron chi connectivity index (χ0n) is 14.7. The predicted molar refractivity (Wildman–Crippen MR) is 104 cm³/mol. The van der Waals surface area contributed by atoms with Crippen LogP contribution in [0.15, 0.2) is 57.6 Å². The van der Waals surface area contributed by atoms with Crippen LogP contribution in [0.1, 0.15) is 18.1 Å². The summed E-state index contributed by atoms with van der Waals surface area (Å²) in [4.78, 5) is 20.4. The molecule has 2 aromatic carbocycles. The molecule has 0 unspecified atom stereocenters. The van der Waals surface area contributed by atoms with Crippen LogP contribution in [0.4, 0.5) is 10.1 Å². The maximum atomic E-state index is 13.8. The zero-order chi connectivity index (χ0) is 19.4. The first kappa shape index (κ1) is 18.7. The molecular formula is C19H16ClFN4O2. The third-order valence-electron chi connectivity index (χ3n) is 3.82. The van der Waals surface area contributed by atoms with Crippen LogP contribution in [0.3, 0.4) is 0 Å². The number of fused-ring (bicyclic) bond motifs is 1. The van der Waals surface area contributed by atoms with E-state index in [1.807, 2.05) is 18.2 Å². The standard InChI is InChI=1S/C19H16ClFN4O2/c1-11(19(26)27-2)24-25-17-10-22-18(13-5-3-4-6-15(13)20)14-8-7-12(21)9-16(14)23-17/h3-9H,10H2,1-2H3,(H,23,25)/b24-11-. The molecule has 0 aliphatic carbocycles. The lowest BCUT2D eigenvalue weighted by atomic mass is 10.0. The van der Waals surface area contributed by atoms with Crippen LogP contribution in [0, 0.1) is 5.82 Å². The smallest absolute Gasteiger partial charge is 0.353 e. The number of methoxy groups -OCH3 is 1. The zero-order valence-corrected chi connectivity index (χ0v) is 15.4. The van der Waals surface area contributed by atoms with Crippen LogP contribution in [0.2, 0.25) is 5.02 Å². The molecule has 1 heterocycles. The van der Waals surface area contributed by atoms with E-state index in [2.05, 4.69) is 25.2 Å². The first-order valence-electron chi connectivity index (χ1n) is 8.05. The van der Waals surface area contributed by atoms with Gasteiger partial charge < -0.3 is 4.74 Å². The highest BCUT2D eigenvalue weighted by atomic mass is 35.5. The topological polar surface area (TPSA) is 75.4 Å². The van der Waals surface area contributed by atoms with Crippen molar-refractivity contribution >= 4 is 40.5 Å². The molecule has 0 aromatic heterocycles. The molecule has 8 heteroatoms. The highest BCUT2D eigenvalue weighted by Crippen LogP contribution is 2.28. The number of hydrazone groups is 1. The van der Waals surface area contributed by atoms with Crippen LogP contribution in [-0.4, -0.2) is 36.9 Å². The van der Waals surface area contributed by atoms with Gasteiger partial charge in [-0.1, -0.05) is 29.8 Å². The van der Waals surface area contributed by atoms with E-state index in [0.29, 0.717) is 27.8 Å². The molecule has 1 N–H and O–H groups in total. The van der Waals surface area contributed by atoms with E-state index in [1.54, 1.807) is 12.1 Å². The summed E-state index contributed by atoms with van der Waals surface area (Å²) in [6.45, 7) is 1.65. The highest BCUT2D eigenvalue weighted by molar-refractivity contribution is 6.36. The van der Waals surface area contributed by atoms with Gasteiger partial charge in [-0.15, -0.1) is 0 Å². The van der Waals surface area contributed by atoms with Gasteiger partial charge in [0, 0.05) is 22.2 Å². The summed E-state index contributed by atoms with van der Waals surface area (Å²) in [7, 11) is 1.27. The van der Waals surface area contributed by atoms with Crippen molar-refractivity contribution in [2.45, 2.75) is 6.92 Å². The maximum absolute atomic E-state index is 13.8. The van der Waals surface area contributed by atoms with Crippen molar-refractivity contribution in [1.82, 2.24) is 5.43 Å². The number of benzene rings is 2. The van der Waals surface area contributed by atoms with Crippen LogP contribution >= 0.6 is 11.6 Å². The number of ether oxygens (including phenoxy) is 1. The number of carbonyl (C=O) groups is 1. The Hall–Kier alpha value is -3.06. The Morgan fingerprint density at radius 1 is 1.26 bits per heavy atom. The number of hydrogen-bond donors (Lipinski definition) is 1. The Labute approximate surface area is 160 Å². The van der Waals surface area contributed by atoms with Gasteiger partial charge in [-0.2, -0.15) is 5.10 Å². The average molecular weight is 387 g/mol. The van der Waals surface area contributed by atoms with E-state index in [1.165, 1.54) is 26.2 Å². The number of carbonyl (C=O) groups excluding carboxylic acids is 1. The molecule has 3 rings (SSSR count). The Bertz CT molecular complexity index is 985. The van der Waals surface area contributed by atoms with Crippen LogP contribution < -0.4 is 5.43 Å². The molecule has 0 spiro atoms. The van der Waals surface area contributed by atoms with E-state index < -0.39 is 11.8 Å². The number of nitrogens with zero attached hydrogens (tertiary/aromatic N) is 3. The molecule has 0 fully saturated rings. The molecule has 1 aliphatic heterocycles. The summed E-state index contributed by atoms with van der Waals surface area (Å²) in [6, 6.07) is 11.5. The molecular weight excluding hydrogens is 371 g/mol. The molecule has 0 atom stereocenters. The summed E-state index contributed by atoms with van der Waals surface area (Å²) < 4.78 is 18.4. The van der Waals surface area contributed by atoms with Gasteiger partial charge >= 0.3 is 5.97 Å². The van der Waals surface area contributed by atoms with Crippen molar-refractivity contribution in [2.24, 2.45) is 15.1 Å². The largest absolute Gasteiger partial charge is 0.464 e. The number of rotatable bonds is 3. The molecule has 6 nitrogen and oxygen atoms in total. The Balaban J connectivity index is 2.02. The van der Waals surface area contributed by atoms with E-state index in [4.69, 9.17) is 11.6 Å². The van der Waals surface area contributed by atoms with E-state index in [0.717, 1.165) is 5.56 Å². The minimum Gasteiger partial charge on any atom is -0.464 e. The van der Waals surface area contributed by atoms with Crippen molar-refractivity contribution in [3.63, 3.8) is 0 Å². The summed E-state index contributed by atoms with van der Waals surface area (Å²) >= 11 is 6.32. The van der Waals surface area contributed by atoms with Crippen LogP contribution in [-0.2, 0) is 9.53 Å². The van der Waals surface area contributed by atoms with Gasteiger partial charge in [-0.05, 0) is 25.1 Å². The summed E-state index contributed by atoms with van der Waals surface area (Å²) in [5.74, 6) is -0.637. The van der Waals surface area contributed by atoms with Crippen molar-refractivity contribution in [3.8, 4) is 0 Å². The summed E-state index contributed by atoms with van der Waals surface area (Å²) in [6.07, 6.45) is 0. The van der Waals surface area contributed by atoms with Crippen molar-refractivity contribution in [3.05, 3.63) is 64.4 Å². The van der Waals surface area contributed by atoms with E-state index in [9.17, 15) is 9.18 Å². The molecule has 2 aromatic rings. The minimum absolute atomic E-state index is 0.124. The molecule has 0 bridgehead atoms. The van der Waals surface area contributed by atoms with Gasteiger partial charge in [0.05, 0.1) is 25.1 Å². The van der Waals surface area contributed by atoms with E-state index >= 15 is 0 Å². The number of hydrogen-bond acceptors (Lipinski definition) is 6. The van der Waals surface area contributed by atoms with Gasteiger partial charge in [-0.25, -0.2) is 14.2 Å². The molecule has 0 saturated carbocycles. The van der Waals surface area contributed by atoms with Crippen molar-refractivity contribution in [2.75, 3.05) is 13.7 Å². The third kappa shape index (κ3) is 4.20. The fourth-order valence-corrected chi connectivity index (χ4v) is 2.73. The molecule has 27 heavy (non-hydrogen) atoms. The second-order valence-corrected chi connectivity index (χ2v) is 6.07. The third-order valence-corrected chi connectivity index (χ3v) is 4.15. The second kappa shape index (κ2) is 8.09. The second-order valence-electron chi connectivity index (χ2n) is 5.67. The Morgan fingerprint density at radius 2 is 2.04 bits per heavy atom. The molecule has 1 aliphatic rings. The fraction of sp³-hybridized carbons (Fsp3) is 0.158. The van der Waals surface area contributed by atoms with E-state index in [-0.39, 0.29) is 12.3 Å². The Morgan fingerprint density at radius 3 is 2.78 bits per heavy atom. The quantitative estimate of drug-likeness (QED) is 0.498. The van der Waals surface area contributed by atoms with Gasteiger partial charge in [0.25, 0.3) is 0 Å². The fourth-order valence-electron chi connectivity index (χ4n) is 2.50. The average Bonchev–Trinajstić information content (AvgIpc) is 2.84. The monoisotopic (exact) mass is 386 g/mol. The molecule has 0 radical (unpaired) electrons. The van der Waals surface area contributed by atoms with Gasteiger partial charge in [0.2, 0.25) is 0 Å². The number of amidine groups is 1. The lowest BCUT2D eigenvalue weighted by molar-refractivity contribution is -0.132. The van der Waals surface area contributed by atoms with Crippen molar-refractivity contribution < 1.29 is 13.9 Å². The number of esters is 1. The maximum Gasteiger partial charge on any atom is 0.353 e. The lowest BCUT2D eigenvalue weighted by Crippen LogP contribution is -2.24. The predicted octanol–water partition coefficient (Wildman–Crippen LogP) is 3.50. The van der Waals surface area contributed by atoms with Gasteiger partial charge in [-0.3, -0.25) is 10.4 Å². The molecule has 0 amide bonds. The van der Waals surface area contributed by atoms with Gasteiger partial charge in [0.15, 0.2) is 0 Å². The van der Waals surface area contributed by atoms with Crippen molar-refractivity contribution in [1.29, 1.82) is 0 Å².